The number of hydrogen-bond acceptors (Lipinski definition) is 5. The van der Waals surface area contributed by atoms with E-state index < -0.39 is 25.8 Å². The van der Waals surface area contributed by atoms with Crippen molar-refractivity contribution < 1.29 is 21.6 Å². The van der Waals surface area contributed by atoms with Gasteiger partial charge >= 0.3 is 0 Å². The summed E-state index contributed by atoms with van der Waals surface area (Å²) < 4.78 is 46.5. The third kappa shape index (κ3) is 2.67. The van der Waals surface area contributed by atoms with Crippen molar-refractivity contribution in [3.63, 3.8) is 0 Å². The molecule has 0 saturated carbocycles. The Morgan fingerprint density at radius 3 is 2.64 bits per heavy atom. The number of hydrogen-bond donors (Lipinski definition) is 1. The van der Waals surface area contributed by atoms with Crippen LogP contribution < -0.4 is 5.14 Å². The van der Waals surface area contributed by atoms with Gasteiger partial charge in [0, 0.05) is 24.4 Å². The van der Waals surface area contributed by atoms with Gasteiger partial charge in [-0.1, -0.05) is 18.2 Å². The molecule has 0 radical (unpaired) electrons. The minimum atomic E-state index is -3.68. The first-order valence-electron chi connectivity index (χ1n) is 6.54. The molecular weight excluding hydrogens is 328 g/mol. The van der Waals surface area contributed by atoms with E-state index in [4.69, 9.17) is 5.14 Å². The van der Waals surface area contributed by atoms with Crippen molar-refractivity contribution in [3.8, 4) is 0 Å². The zero-order valence-corrected chi connectivity index (χ0v) is 13.1. The highest BCUT2D eigenvalue weighted by Crippen LogP contribution is 2.38. The summed E-state index contributed by atoms with van der Waals surface area (Å²) in [6.45, 7) is 0.144. The smallest absolute Gasteiger partial charge is 0.227 e. The van der Waals surface area contributed by atoms with Crippen molar-refractivity contribution in [2.24, 2.45) is 11.1 Å². The number of carbonyl (C=O) groups excluding carboxylic acids is 1. The number of carbonyl (C=O) groups is 1. The van der Waals surface area contributed by atoms with Crippen molar-refractivity contribution in [1.29, 1.82) is 0 Å². The standard InChI is InChI=1S/C13H14N2O5S2/c14-22(19,20)7-9-5-13(16)15(6-9)11-8-21(17,18)12-4-2-1-3-10(11)12/h1-4,8-9H,5-7H2,(H2,14,19,20). The number of fused-ring (bicyclic) bond motifs is 1. The maximum Gasteiger partial charge on any atom is 0.227 e. The van der Waals surface area contributed by atoms with Crippen molar-refractivity contribution in [2.75, 3.05) is 12.3 Å². The van der Waals surface area contributed by atoms with Gasteiger partial charge < -0.3 is 4.90 Å². The minimum Gasteiger partial charge on any atom is -0.311 e. The summed E-state index contributed by atoms with van der Waals surface area (Å²) in [5.74, 6) is -1.03. The van der Waals surface area contributed by atoms with Crippen LogP contribution in [0.25, 0.3) is 5.70 Å². The van der Waals surface area contributed by atoms with E-state index in [0.717, 1.165) is 5.41 Å². The third-order valence-corrected chi connectivity index (χ3v) is 6.14. The normalized spacial score (nSPS) is 23.5. The Hall–Kier alpha value is -1.71. The van der Waals surface area contributed by atoms with Crippen LogP contribution in [0.1, 0.15) is 12.0 Å². The summed E-state index contributed by atoms with van der Waals surface area (Å²) in [5, 5.41) is 6.08. The number of primary sulfonamides is 1. The molecule has 118 valence electrons. The quantitative estimate of drug-likeness (QED) is 0.824. The van der Waals surface area contributed by atoms with Crippen LogP contribution in [0, 0.1) is 5.92 Å². The second kappa shape index (κ2) is 4.90. The molecule has 1 amide bonds. The van der Waals surface area contributed by atoms with Gasteiger partial charge in [0.15, 0.2) is 0 Å². The maximum absolute atomic E-state index is 12.1. The first kappa shape index (κ1) is 15.2. The van der Waals surface area contributed by atoms with Crippen LogP contribution in [0.2, 0.25) is 0 Å². The predicted molar refractivity (Wildman–Crippen MR) is 79.4 cm³/mol. The molecule has 1 atom stereocenters. The molecule has 0 aromatic heterocycles. The van der Waals surface area contributed by atoms with Gasteiger partial charge in [0.1, 0.15) is 0 Å². The van der Waals surface area contributed by atoms with Crippen molar-refractivity contribution in [3.05, 3.63) is 35.2 Å². The summed E-state index contributed by atoms with van der Waals surface area (Å²) in [6, 6.07) is 6.42. The Morgan fingerprint density at radius 1 is 1.27 bits per heavy atom. The van der Waals surface area contributed by atoms with Crippen molar-refractivity contribution >= 4 is 31.5 Å². The number of sulfone groups is 1. The zero-order chi connectivity index (χ0) is 16.1. The number of nitrogens with zero attached hydrogens (tertiary/aromatic N) is 1. The van der Waals surface area contributed by atoms with E-state index >= 15 is 0 Å². The van der Waals surface area contributed by atoms with Crippen LogP contribution in [-0.4, -0.2) is 39.9 Å². The van der Waals surface area contributed by atoms with Gasteiger partial charge in [0.2, 0.25) is 25.8 Å². The summed E-state index contributed by atoms with van der Waals surface area (Å²) in [4.78, 5) is 13.6. The van der Waals surface area contributed by atoms with E-state index in [0.29, 0.717) is 11.3 Å². The fourth-order valence-corrected chi connectivity index (χ4v) is 5.17. The topological polar surface area (TPSA) is 115 Å². The van der Waals surface area contributed by atoms with Gasteiger partial charge in [-0.2, -0.15) is 0 Å². The molecular formula is C13H14N2O5S2. The van der Waals surface area contributed by atoms with Gasteiger partial charge in [-0.05, 0) is 6.07 Å². The fourth-order valence-electron chi connectivity index (χ4n) is 2.86. The van der Waals surface area contributed by atoms with E-state index in [2.05, 4.69) is 0 Å². The van der Waals surface area contributed by atoms with Crippen molar-refractivity contribution in [2.45, 2.75) is 11.3 Å². The summed E-state index contributed by atoms with van der Waals surface area (Å²) in [5.41, 5.74) is 0.768. The molecule has 2 aliphatic rings. The van der Waals surface area contributed by atoms with Crippen LogP contribution >= 0.6 is 0 Å². The van der Waals surface area contributed by atoms with Gasteiger partial charge in [-0.3, -0.25) is 4.79 Å². The molecule has 7 nitrogen and oxygen atoms in total. The molecule has 22 heavy (non-hydrogen) atoms. The number of rotatable bonds is 3. The lowest BCUT2D eigenvalue weighted by atomic mass is 10.1. The van der Waals surface area contributed by atoms with Gasteiger partial charge in [-0.15, -0.1) is 0 Å². The summed E-state index contributed by atoms with van der Waals surface area (Å²) in [7, 11) is -7.24. The van der Waals surface area contributed by atoms with E-state index in [1.807, 2.05) is 0 Å². The van der Waals surface area contributed by atoms with Crippen LogP contribution in [-0.2, 0) is 24.7 Å². The highest BCUT2D eigenvalue weighted by Gasteiger charge is 2.38. The Balaban J connectivity index is 1.95. The maximum atomic E-state index is 12.1. The summed E-state index contributed by atoms with van der Waals surface area (Å²) in [6.07, 6.45) is 0.0377. The molecule has 1 fully saturated rings. The largest absolute Gasteiger partial charge is 0.311 e. The molecule has 0 spiro atoms. The predicted octanol–water partition coefficient (Wildman–Crippen LogP) is -0.0907. The second-order valence-corrected chi connectivity index (χ2v) is 8.87. The Kier molecular flexibility index (Phi) is 3.38. The highest BCUT2D eigenvalue weighted by atomic mass is 32.2. The van der Waals surface area contributed by atoms with Crippen molar-refractivity contribution in [1.82, 2.24) is 4.90 Å². The molecule has 0 aliphatic carbocycles. The SMILES string of the molecule is NS(=O)(=O)CC1CC(=O)N(C2=CS(=O)(=O)c3ccccc32)C1. The summed E-state index contributed by atoms with van der Waals surface area (Å²) >= 11 is 0. The Labute approximate surface area is 128 Å². The number of benzene rings is 1. The van der Waals surface area contributed by atoms with Crippen LogP contribution in [0.4, 0.5) is 0 Å². The molecule has 1 aromatic carbocycles. The van der Waals surface area contributed by atoms with E-state index in [-0.39, 0.29) is 29.5 Å². The van der Waals surface area contributed by atoms with Crippen LogP contribution in [0.3, 0.4) is 0 Å². The van der Waals surface area contributed by atoms with E-state index in [1.54, 1.807) is 18.2 Å². The number of amides is 1. The van der Waals surface area contributed by atoms with E-state index in [1.165, 1.54) is 11.0 Å². The monoisotopic (exact) mass is 342 g/mol. The van der Waals surface area contributed by atoms with E-state index in [9.17, 15) is 21.6 Å². The highest BCUT2D eigenvalue weighted by molar-refractivity contribution is 7.95. The molecule has 1 saturated heterocycles. The first-order chi connectivity index (χ1) is 10.2. The molecule has 9 heteroatoms. The first-order valence-corrected chi connectivity index (χ1v) is 9.80. The number of sulfonamides is 1. The third-order valence-electron chi connectivity index (χ3n) is 3.70. The number of likely N-dealkylation sites (tertiary alicyclic amines) is 1. The molecule has 3 rings (SSSR count). The van der Waals surface area contributed by atoms with Gasteiger partial charge in [0.05, 0.1) is 21.8 Å². The molecule has 2 N–H and O–H groups in total. The molecule has 1 unspecified atom stereocenters. The zero-order valence-electron chi connectivity index (χ0n) is 11.5. The molecule has 0 bridgehead atoms. The fraction of sp³-hybridized carbons (Fsp3) is 0.308. The van der Waals surface area contributed by atoms with Gasteiger partial charge in [-0.25, -0.2) is 22.0 Å². The number of nitrogens with two attached hydrogens (primary N) is 1. The lowest BCUT2D eigenvalue weighted by molar-refractivity contribution is -0.125. The average Bonchev–Trinajstić information content (AvgIpc) is 2.86. The van der Waals surface area contributed by atoms with Crippen LogP contribution in [0.5, 0.6) is 0 Å². The second-order valence-electron chi connectivity index (χ2n) is 5.45. The molecule has 1 aromatic rings. The Bertz CT molecular complexity index is 887. The molecule has 2 heterocycles. The van der Waals surface area contributed by atoms with Gasteiger partial charge in [0.25, 0.3) is 0 Å². The Morgan fingerprint density at radius 2 is 1.95 bits per heavy atom. The minimum absolute atomic E-state index is 0.0377. The average molecular weight is 342 g/mol. The lowest BCUT2D eigenvalue weighted by Crippen LogP contribution is -2.26. The molecule has 2 aliphatic heterocycles. The van der Waals surface area contributed by atoms with Crippen LogP contribution in [0.15, 0.2) is 34.6 Å². The lowest BCUT2D eigenvalue weighted by Gasteiger charge is -2.18.